The highest BCUT2D eigenvalue weighted by Crippen LogP contribution is 2.40. The number of hydrogen-bond donors (Lipinski definition) is 2. The van der Waals surface area contributed by atoms with Gasteiger partial charge in [-0.25, -0.2) is 0 Å². The highest BCUT2D eigenvalue weighted by atomic mass is 16.5. The van der Waals surface area contributed by atoms with Crippen molar-refractivity contribution in [2.45, 2.75) is 27.7 Å². The second-order valence-electron chi connectivity index (χ2n) is 4.87. The van der Waals surface area contributed by atoms with Crippen molar-refractivity contribution in [3.05, 3.63) is 28.5 Å². The number of anilines is 1. The molecule has 0 aliphatic heterocycles. The van der Waals surface area contributed by atoms with Crippen LogP contribution in [0, 0.1) is 27.7 Å². The van der Waals surface area contributed by atoms with Crippen molar-refractivity contribution in [3.63, 3.8) is 0 Å². The van der Waals surface area contributed by atoms with Crippen molar-refractivity contribution >= 4 is 5.69 Å². The number of nitrogens with one attached hydrogen (secondary N) is 2. The Morgan fingerprint density at radius 3 is 2.42 bits per heavy atom. The van der Waals surface area contributed by atoms with E-state index in [0.717, 1.165) is 34.0 Å². The van der Waals surface area contributed by atoms with Crippen molar-refractivity contribution in [1.82, 2.24) is 10.2 Å². The Bertz CT molecular complexity index is 614. The molecule has 0 saturated heterocycles. The normalized spacial score (nSPS) is 10.6. The molecule has 0 aliphatic rings. The summed E-state index contributed by atoms with van der Waals surface area (Å²) in [5.41, 5.74) is 7.57. The summed E-state index contributed by atoms with van der Waals surface area (Å²) in [6.45, 7) is 8.28. The Balaban J connectivity index is 2.78. The van der Waals surface area contributed by atoms with Crippen LogP contribution >= 0.6 is 0 Å². The summed E-state index contributed by atoms with van der Waals surface area (Å²) in [7, 11) is 3.62. The molecule has 0 aliphatic carbocycles. The number of aromatic nitrogens is 2. The molecule has 1 aromatic carbocycles. The third-order valence-electron chi connectivity index (χ3n) is 3.62. The van der Waals surface area contributed by atoms with Crippen LogP contribution < -0.4 is 10.1 Å². The van der Waals surface area contributed by atoms with Crippen molar-refractivity contribution < 1.29 is 4.74 Å². The van der Waals surface area contributed by atoms with Crippen LogP contribution in [0.15, 0.2) is 6.07 Å². The van der Waals surface area contributed by atoms with Gasteiger partial charge in [-0.15, -0.1) is 0 Å². The standard InChI is InChI=1S/C15H21N3O/c1-8-7-9(2)12(15(19-6)10(8)3)14-13(16-5)11(4)17-18-14/h7,16H,1-6H3,(H,17,18). The first-order chi connectivity index (χ1) is 9.01. The molecule has 2 aromatic rings. The van der Waals surface area contributed by atoms with E-state index in [1.165, 1.54) is 11.1 Å². The van der Waals surface area contributed by atoms with Crippen LogP contribution in [0.5, 0.6) is 5.75 Å². The predicted octanol–water partition coefficient (Wildman–Crippen LogP) is 3.36. The van der Waals surface area contributed by atoms with E-state index in [1.807, 2.05) is 14.0 Å². The number of nitrogens with zero attached hydrogens (tertiary/aromatic N) is 1. The first-order valence-corrected chi connectivity index (χ1v) is 6.39. The van der Waals surface area contributed by atoms with Gasteiger partial charge in [0, 0.05) is 12.6 Å². The van der Waals surface area contributed by atoms with E-state index >= 15 is 0 Å². The monoisotopic (exact) mass is 259 g/mol. The Labute approximate surface area is 114 Å². The zero-order valence-corrected chi connectivity index (χ0v) is 12.4. The van der Waals surface area contributed by atoms with Crippen LogP contribution in [0.4, 0.5) is 5.69 Å². The number of methoxy groups -OCH3 is 1. The minimum absolute atomic E-state index is 0.903. The van der Waals surface area contributed by atoms with Gasteiger partial charge in [-0.05, 0) is 44.4 Å². The molecule has 0 bridgehead atoms. The number of hydrogen-bond acceptors (Lipinski definition) is 3. The van der Waals surface area contributed by atoms with Gasteiger partial charge in [0.05, 0.1) is 18.5 Å². The molecule has 0 fully saturated rings. The second kappa shape index (κ2) is 4.96. The highest BCUT2D eigenvalue weighted by Gasteiger charge is 2.20. The Morgan fingerprint density at radius 2 is 1.84 bits per heavy atom. The average Bonchev–Trinajstić information content (AvgIpc) is 2.74. The summed E-state index contributed by atoms with van der Waals surface area (Å²) in [4.78, 5) is 0. The molecule has 0 spiro atoms. The fraction of sp³-hybridized carbons (Fsp3) is 0.400. The Morgan fingerprint density at radius 1 is 1.16 bits per heavy atom. The van der Waals surface area contributed by atoms with Gasteiger partial charge in [0.25, 0.3) is 0 Å². The molecule has 4 nitrogen and oxygen atoms in total. The van der Waals surface area contributed by atoms with Crippen molar-refractivity contribution in [2.24, 2.45) is 0 Å². The third-order valence-corrected chi connectivity index (χ3v) is 3.62. The zero-order valence-electron chi connectivity index (χ0n) is 12.4. The number of H-pyrrole nitrogens is 1. The molecule has 0 saturated carbocycles. The number of aryl methyl sites for hydroxylation is 3. The van der Waals surface area contributed by atoms with Gasteiger partial charge in [-0.3, -0.25) is 5.10 Å². The van der Waals surface area contributed by atoms with Crippen LogP contribution in [0.25, 0.3) is 11.3 Å². The van der Waals surface area contributed by atoms with Crippen molar-refractivity contribution in [1.29, 1.82) is 0 Å². The first kappa shape index (κ1) is 13.5. The molecule has 1 aromatic heterocycles. The van der Waals surface area contributed by atoms with Gasteiger partial charge < -0.3 is 10.1 Å². The largest absolute Gasteiger partial charge is 0.496 e. The SMILES string of the molecule is CNc1c(-c2c(C)cc(C)c(C)c2OC)n[nH]c1C. The molecule has 1 heterocycles. The fourth-order valence-corrected chi connectivity index (χ4v) is 2.52. The smallest absolute Gasteiger partial charge is 0.131 e. The van der Waals surface area contributed by atoms with E-state index in [-0.39, 0.29) is 0 Å². The summed E-state index contributed by atoms with van der Waals surface area (Å²) in [5.74, 6) is 0.903. The highest BCUT2D eigenvalue weighted by molar-refractivity contribution is 5.83. The summed E-state index contributed by atoms with van der Waals surface area (Å²) in [6, 6.07) is 2.18. The first-order valence-electron chi connectivity index (χ1n) is 6.39. The summed E-state index contributed by atoms with van der Waals surface area (Å²) < 4.78 is 5.62. The predicted molar refractivity (Wildman–Crippen MR) is 79.1 cm³/mol. The molecule has 2 rings (SSSR count). The topological polar surface area (TPSA) is 49.9 Å². The molecule has 0 radical (unpaired) electrons. The fourth-order valence-electron chi connectivity index (χ4n) is 2.52. The van der Waals surface area contributed by atoms with Crippen molar-refractivity contribution in [2.75, 3.05) is 19.5 Å². The van der Waals surface area contributed by atoms with Crippen LogP contribution in [0.2, 0.25) is 0 Å². The zero-order chi connectivity index (χ0) is 14.2. The van der Waals surface area contributed by atoms with Gasteiger partial charge >= 0.3 is 0 Å². The lowest BCUT2D eigenvalue weighted by atomic mass is 9.96. The van der Waals surface area contributed by atoms with E-state index in [0.29, 0.717) is 0 Å². The Hall–Kier alpha value is -1.97. The van der Waals surface area contributed by atoms with E-state index in [4.69, 9.17) is 4.74 Å². The van der Waals surface area contributed by atoms with Crippen LogP contribution in [0.1, 0.15) is 22.4 Å². The quantitative estimate of drug-likeness (QED) is 0.888. The van der Waals surface area contributed by atoms with E-state index < -0.39 is 0 Å². The van der Waals surface area contributed by atoms with Gasteiger partial charge in [-0.2, -0.15) is 5.10 Å². The van der Waals surface area contributed by atoms with Crippen LogP contribution in [0.3, 0.4) is 0 Å². The van der Waals surface area contributed by atoms with Crippen LogP contribution in [-0.2, 0) is 0 Å². The summed E-state index contributed by atoms with van der Waals surface area (Å²) >= 11 is 0. The maximum absolute atomic E-state index is 5.62. The lowest BCUT2D eigenvalue weighted by Gasteiger charge is -2.16. The molecule has 19 heavy (non-hydrogen) atoms. The second-order valence-corrected chi connectivity index (χ2v) is 4.87. The lowest BCUT2D eigenvalue weighted by Crippen LogP contribution is -1.99. The summed E-state index contributed by atoms with van der Waals surface area (Å²) in [5, 5.41) is 10.7. The van der Waals surface area contributed by atoms with Crippen LogP contribution in [-0.4, -0.2) is 24.4 Å². The Kier molecular flexibility index (Phi) is 3.51. The van der Waals surface area contributed by atoms with Gasteiger partial charge in [0.15, 0.2) is 0 Å². The molecule has 0 amide bonds. The lowest BCUT2D eigenvalue weighted by molar-refractivity contribution is 0.412. The molecule has 2 N–H and O–H groups in total. The molecular weight excluding hydrogens is 238 g/mol. The molecule has 4 heteroatoms. The van der Waals surface area contributed by atoms with E-state index in [9.17, 15) is 0 Å². The van der Waals surface area contributed by atoms with Crippen molar-refractivity contribution in [3.8, 4) is 17.0 Å². The van der Waals surface area contributed by atoms with E-state index in [2.05, 4.69) is 42.4 Å². The number of aromatic amines is 1. The minimum Gasteiger partial charge on any atom is -0.496 e. The van der Waals surface area contributed by atoms with Gasteiger partial charge in [0.1, 0.15) is 11.4 Å². The molecule has 0 atom stereocenters. The minimum atomic E-state index is 0.903. The maximum Gasteiger partial charge on any atom is 0.131 e. The average molecular weight is 259 g/mol. The molecule has 0 unspecified atom stereocenters. The maximum atomic E-state index is 5.62. The summed E-state index contributed by atoms with van der Waals surface area (Å²) in [6.07, 6.45) is 0. The molecule has 102 valence electrons. The third kappa shape index (κ3) is 2.07. The number of benzene rings is 1. The molecular formula is C15H21N3O. The number of ether oxygens (including phenoxy) is 1. The van der Waals surface area contributed by atoms with E-state index in [1.54, 1.807) is 7.11 Å². The van der Waals surface area contributed by atoms with Gasteiger partial charge in [0.2, 0.25) is 0 Å². The van der Waals surface area contributed by atoms with Gasteiger partial charge in [-0.1, -0.05) is 6.07 Å². The number of rotatable bonds is 3.